The van der Waals surface area contributed by atoms with Gasteiger partial charge in [-0.15, -0.1) is 0 Å². The van der Waals surface area contributed by atoms with Gasteiger partial charge in [0, 0.05) is 26.1 Å². The predicted molar refractivity (Wildman–Crippen MR) is 118 cm³/mol. The highest BCUT2D eigenvalue weighted by Gasteiger charge is 2.27. The number of aromatic nitrogens is 1. The lowest BCUT2D eigenvalue weighted by Crippen LogP contribution is -2.16. The van der Waals surface area contributed by atoms with Gasteiger partial charge in [-0.3, -0.25) is 0 Å². The van der Waals surface area contributed by atoms with Crippen LogP contribution in [0.1, 0.15) is 24.6 Å². The van der Waals surface area contributed by atoms with E-state index in [1.807, 2.05) is 13.8 Å². The summed E-state index contributed by atoms with van der Waals surface area (Å²) in [5.41, 5.74) is 2.36. The molecule has 0 radical (unpaired) electrons. The lowest BCUT2D eigenvalue weighted by Gasteiger charge is -2.12. The zero-order valence-electron chi connectivity index (χ0n) is 15.4. The third-order valence-corrected chi connectivity index (χ3v) is 7.69. The summed E-state index contributed by atoms with van der Waals surface area (Å²) < 4.78 is 34.7. The van der Waals surface area contributed by atoms with Gasteiger partial charge in [-0.1, -0.05) is 31.0 Å². The zero-order chi connectivity index (χ0) is 20.1. The van der Waals surface area contributed by atoms with Crippen LogP contribution in [0.25, 0.3) is 21.9 Å². The Labute approximate surface area is 176 Å². The molecule has 4 aromatic rings. The van der Waals surface area contributed by atoms with E-state index in [0.29, 0.717) is 17.5 Å². The third kappa shape index (κ3) is 2.97. The maximum absolute atomic E-state index is 13.5. The number of halogens is 1. The average molecular weight is 507 g/mol. The number of hydrogen-bond acceptors (Lipinski definition) is 4. The highest BCUT2D eigenvalue weighted by Crippen LogP contribution is 2.36. The van der Waals surface area contributed by atoms with Gasteiger partial charge in [0.2, 0.25) is 0 Å². The molecule has 144 valence electrons. The van der Waals surface area contributed by atoms with Crippen LogP contribution in [0.3, 0.4) is 0 Å². The smallest absolute Gasteiger partial charge is 0.336 e. The first-order chi connectivity index (χ1) is 13.3. The maximum Gasteiger partial charge on any atom is 0.336 e. The van der Waals surface area contributed by atoms with Gasteiger partial charge in [0.1, 0.15) is 5.58 Å². The van der Waals surface area contributed by atoms with Crippen molar-refractivity contribution in [3.05, 3.63) is 73.8 Å². The Morgan fingerprint density at radius 2 is 1.75 bits per heavy atom. The van der Waals surface area contributed by atoms with Gasteiger partial charge in [0.05, 0.1) is 10.4 Å². The Hall–Kier alpha value is -2.13. The van der Waals surface area contributed by atoms with E-state index in [9.17, 15) is 13.2 Å². The Balaban J connectivity index is 2.13. The summed E-state index contributed by atoms with van der Waals surface area (Å²) in [5, 5.41) is 1.53. The largest absolute Gasteiger partial charge is 0.423 e. The molecular formula is C21H18INO4S. The molecule has 0 N–H and O–H groups in total. The van der Waals surface area contributed by atoms with Gasteiger partial charge in [-0.05, 0) is 66.3 Å². The van der Waals surface area contributed by atoms with E-state index in [1.54, 1.807) is 42.5 Å². The van der Waals surface area contributed by atoms with E-state index < -0.39 is 15.6 Å². The normalized spacial score (nSPS) is 12.1. The number of fused-ring (bicyclic) bond motifs is 3. The van der Waals surface area contributed by atoms with Crippen molar-refractivity contribution >= 4 is 54.5 Å². The fraction of sp³-hybridized carbons (Fsp3) is 0.190. The number of rotatable bonds is 4. The van der Waals surface area contributed by atoms with Crippen LogP contribution in [0, 0.1) is 10.5 Å². The van der Waals surface area contributed by atoms with Gasteiger partial charge in [-0.25, -0.2) is 17.2 Å². The molecule has 0 atom stereocenters. The first kappa shape index (κ1) is 19.2. The van der Waals surface area contributed by atoms with E-state index in [-0.39, 0.29) is 4.90 Å². The van der Waals surface area contributed by atoms with Crippen molar-refractivity contribution < 1.29 is 12.8 Å². The van der Waals surface area contributed by atoms with Gasteiger partial charge in [0.15, 0.2) is 0 Å². The lowest BCUT2D eigenvalue weighted by molar-refractivity contribution is 0.561. The van der Waals surface area contributed by atoms with Crippen LogP contribution in [0.4, 0.5) is 0 Å². The van der Waals surface area contributed by atoms with Crippen LogP contribution in [0.5, 0.6) is 0 Å². The van der Waals surface area contributed by atoms with Crippen molar-refractivity contribution in [2.24, 2.45) is 0 Å². The molecule has 0 unspecified atom stereocenters. The minimum Gasteiger partial charge on any atom is -0.423 e. The van der Waals surface area contributed by atoms with E-state index in [0.717, 1.165) is 32.0 Å². The van der Waals surface area contributed by atoms with Crippen LogP contribution in [0.2, 0.25) is 0 Å². The second-order valence-electron chi connectivity index (χ2n) is 6.72. The fourth-order valence-electron chi connectivity index (χ4n) is 3.45. The number of nitrogens with zero attached hydrogens (tertiary/aromatic N) is 1. The van der Waals surface area contributed by atoms with Crippen molar-refractivity contribution in [2.75, 3.05) is 0 Å². The fourth-order valence-corrected chi connectivity index (χ4v) is 6.27. The van der Waals surface area contributed by atoms with Crippen molar-refractivity contribution in [1.82, 2.24) is 3.97 Å². The molecule has 0 amide bonds. The minimum atomic E-state index is -3.77. The van der Waals surface area contributed by atoms with E-state index in [1.165, 1.54) is 10.0 Å². The SMILES string of the molecule is CCCc1c(I)c2c3ccc(=O)oc3ccc2n1S(=O)(=O)c1ccc(C)cc1. The molecular weight excluding hydrogens is 489 g/mol. The van der Waals surface area contributed by atoms with Gasteiger partial charge < -0.3 is 4.42 Å². The summed E-state index contributed by atoms with van der Waals surface area (Å²) in [6.07, 6.45) is 1.43. The molecule has 0 saturated carbocycles. The average Bonchev–Trinajstić information content (AvgIpc) is 2.95. The van der Waals surface area contributed by atoms with E-state index in [2.05, 4.69) is 22.6 Å². The predicted octanol–water partition coefficient (Wildman–Crippen LogP) is 4.85. The standard InChI is InChI=1S/C21H18INO4S/c1-3-4-17-21(22)20-15-9-12-19(24)27-18(15)11-10-16(20)23(17)28(25,26)14-7-5-13(2)6-8-14/h5-12H,3-4H2,1-2H3. The van der Waals surface area contributed by atoms with Crippen LogP contribution in [-0.2, 0) is 16.4 Å². The van der Waals surface area contributed by atoms with Gasteiger partial charge in [-0.2, -0.15) is 0 Å². The third-order valence-electron chi connectivity index (χ3n) is 4.76. The van der Waals surface area contributed by atoms with Crippen molar-refractivity contribution in [2.45, 2.75) is 31.6 Å². The molecule has 28 heavy (non-hydrogen) atoms. The molecule has 7 heteroatoms. The summed E-state index contributed by atoms with van der Waals surface area (Å²) in [6, 6.07) is 13.3. The van der Waals surface area contributed by atoms with Crippen molar-refractivity contribution in [1.29, 1.82) is 0 Å². The first-order valence-corrected chi connectivity index (χ1v) is 11.4. The van der Waals surface area contributed by atoms with Gasteiger partial charge in [0.25, 0.3) is 10.0 Å². The summed E-state index contributed by atoms with van der Waals surface area (Å²) in [7, 11) is -3.77. The molecule has 0 bridgehead atoms. The van der Waals surface area contributed by atoms with Crippen LogP contribution in [0.15, 0.2) is 62.6 Å². The van der Waals surface area contributed by atoms with Crippen molar-refractivity contribution in [3.63, 3.8) is 0 Å². The molecule has 0 saturated heterocycles. The first-order valence-electron chi connectivity index (χ1n) is 8.92. The quantitative estimate of drug-likeness (QED) is 0.293. The summed E-state index contributed by atoms with van der Waals surface area (Å²) >= 11 is 2.20. The second-order valence-corrected chi connectivity index (χ2v) is 9.58. The Morgan fingerprint density at radius 1 is 1.04 bits per heavy atom. The van der Waals surface area contributed by atoms with Crippen LogP contribution in [-0.4, -0.2) is 12.4 Å². The maximum atomic E-state index is 13.5. The van der Waals surface area contributed by atoms with Gasteiger partial charge >= 0.3 is 5.63 Å². The van der Waals surface area contributed by atoms with E-state index in [4.69, 9.17) is 4.42 Å². The summed E-state index contributed by atoms with van der Waals surface area (Å²) in [6.45, 7) is 3.94. The molecule has 2 aromatic heterocycles. The molecule has 0 aliphatic carbocycles. The van der Waals surface area contributed by atoms with Crippen LogP contribution >= 0.6 is 22.6 Å². The van der Waals surface area contributed by atoms with Crippen LogP contribution < -0.4 is 5.63 Å². The highest BCUT2D eigenvalue weighted by molar-refractivity contribution is 14.1. The molecule has 0 spiro atoms. The zero-order valence-corrected chi connectivity index (χ0v) is 18.4. The summed E-state index contributed by atoms with van der Waals surface area (Å²) in [4.78, 5) is 11.8. The molecule has 0 aliphatic heterocycles. The number of benzene rings is 2. The Bertz CT molecular complexity index is 1370. The molecule has 4 rings (SSSR count). The Kier molecular flexibility index (Phi) is 4.83. The number of aryl methyl sites for hydroxylation is 1. The number of hydrogen-bond donors (Lipinski definition) is 0. The summed E-state index contributed by atoms with van der Waals surface area (Å²) in [5.74, 6) is 0. The highest BCUT2D eigenvalue weighted by atomic mass is 127. The minimum absolute atomic E-state index is 0.253. The van der Waals surface area contributed by atoms with Crippen molar-refractivity contribution in [3.8, 4) is 0 Å². The molecule has 0 aliphatic rings. The molecule has 2 aromatic carbocycles. The Morgan fingerprint density at radius 3 is 2.43 bits per heavy atom. The van der Waals surface area contributed by atoms with E-state index >= 15 is 0 Å². The topological polar surface area (TPSA) is 69.3 Å². The lowest BCUT2D eigenvalue weighted by atomic mass is 10.1. The molecule has 2 heterocycles. The molecule has 0 fully saturated rings. The second kappa shape index (κ2) is 7.04. The monoisotopic (exact) mass is 507 g/mol. The molecule has 5 nitrogen and oxygen atoms in total.